The van der Waals surface area contributed by atoms with E-state index >= 15 is 0 Å². The van der Waals surface area contributed by atoms with Gasteiger partial charge in [-0.15, -0.1) is 0 Å². The predicted molar refractivity (Wildman–Crippen MR) is 55.2 cm³/mol. The molecule has 1 saturated heterocycles. The molecule has 1 aromatic heterocycles. The number of aryl methyl sites for hydroxylation is 1. The van der Waals surface area contributed by atoms with E-state index in [1.54, 1.807) is 0 Å². The maximum Gasteiger partial charge on any atom is 0.0540 e. The van der Waals surface area contributed by atoms with Crippen molar-refractivity contribution in [2.24, 2.45) is 7.05 Å². The molecule has 2 heterocycles. The molecule has 2 aliphatic rings. The average Bonchev–Trinajstić information content (AvgIpc) is 2.75. The summed E-state index contributed by atoms with van der Waals surface area (Å²) in [6.07, 6.45) is 7.38. The van der Waals surface area contributed by atoms with Crippen LogP contribution in [-0.4, -0.2) is 16.3 Å². The van der Waals surface area contributed by atoms with Crippen molar-refractivity contribution in [1.29, 1.82) is 0 Å². The van der Waals surface area contributed by atoms with E-state index in [9.17, 15) is 0 Å². The third-order valence-electron chi connectivity index (χ3n) is 3.41. The van der Waals surface area contributed by atoms with Crippen molar-refractivity contribution in [2.45, 2.75) is 37.6 Å². The van der Waals surface area contributed by atoms with E-state index < -0.39 is 0 Å². The molecule has 0 amide bonds. The molecule has 2 fully saturated rings. The highest BCUT2D eigenvalue weighted by Gasteiger charge is 2.32. The molecule has 3 nitrogen and oxygen atoms in total. The molecule has 1 N–H and O–H groups in total. The summed E-state index contributed by atoms with van der Waals surface area (Å²) in [7, 11) is 2.08. The lowest BCUT2D eigenvalue weighted by Crippen LogP contribution is -2.14. The Balaban J connectivity index is 1.95. The van der Waals surface area contributed by atoms with Crippen molar-refractivity contribution in [2.75, 3.05) is 6.54 Å². The molecule has 0 bridgehead atoms. The first-order valence-corrected chi connectivity index (χ1v) is 5.61. The molecule has 1 atom stereocenters. The highest BCUT2D eigenvalue weighted by molar-refractivity contribution is 5.29. The van der Waals surface area contributed by atoms with Crippen LogP contribution in [0.2, 0.25) is 0 Å². The topological polar surface area (TPSA) is 29.9 Å². The Hall–Kier alpha value is -0.830. The summed E-state index contributed by atoms with van der Waals surface area (Å²) < 4.78 is 2.08. The van der Waals surface area contributed by atoms with Crippen LogP contribution >= 0.6 is 0 Å². The second kappa shape index (κ2) is 3.09. The maximum absolute atomic E-state index is 4.40. The summed E-state index contributed by atoms with van der Waals surface area (Å²) in [5, 5.41) is 7.96. The number of aromatic nitrogens is 2. The number of hydrogen-bond acceptors (Lipinski definition) is 2. The average molecular weight is 191 g/mol. The smallest absolute Gasteiger partial charge is 0.0540 e. The number of hydrogen-bond donors (Lipinski definition) is 1. The van der Waals surface area contributed by atoms with Gasteiger partial charge in [0.25, 0.3) is 0 Å². The molecule has 1 saturated carbocycles. The molecule has 0 radical (unpaired) electrons. The molecule has 0 aromatic carbocycles. The van der Waals surface area contributed by atoms with Gasteiger partial charge >= 0.3 is 0 Å². The first kappa shape index (κ1) is 8.48. The lowest BCUT2D eigenvalue weighted by Gasteiger charge is -2.11. The maximum atomic E-state index is 4.40. The summed E-state index contributed by atoms with van der Waals surface area (Å²) in [4.78, 5) is 0. The van der Waals surface area contributed by atoms with Crippen LogP contribution in [0.25, 0.3) is 0 Å². The van der Waals surface area contributed by atoms with Crippen LogP contribution in [0, 0.1) is 0 Å². The Bertz CT molecular complexity index is 332. The van der Waals surface area contributed by atoms with Crippen LogP contribution in [0.15, 0.2) is 6.20 Å². The van der Waals surface area contributed by atoms with Gasteiger partial charge in [0, 0.05) is 30.3 Å². The largest absolute Gasteiger partial charge is 0.310 e. The number of rotatable bonds is 2. The van der Waals surface area contributed by atoms with Gasteiger partial charge < -0.3 is 5.32 Å². The van der Waals surface area contributed by atoms with Crippen molar-refractivity contribution in [3.8, 4) is 0 Å². The van der Waals surface area contributed by atoms with Crippen molar-refractivity contribution in [3.63, 3.8) is 0 Å². The zero-order valence-electron chi connectivity index (χ0n) is 8.66. The fourth-order valence-electron chi connectivity index (χ4n) is 2.54. The monoisotopic (exact) mass is 191 g/mol. The Morgan fingerprint density at radius 3 is 2.93 bits per heavy atom. The molecular weight excluding hydrogens is 174 g/mol. The van der Waals surface area contributed by atoms with Crippen LogP contribution in [-0.2, 0) is 7.05 Å². The molecular formula is C11H17N3. The molecule has 1 aromatic rings. The summed E-state index contributed by atoms with van der Waals surface area (Å²) in [5.74, 6) is 0.805. The lowest BCUT2D eigenvalue weighted by atomic mass is 10.0. The third-order valence-corrected chi connectivity index (χ3v) is 3.41. The van der Waals surface area contributed by atoms with Gasteiger partial charge in [-0.3, -0.25) is 4.68 Å². The summed E-state index contributed by atoms with van der Waals surface area (Å²) in [6, 6.07) is 0.583. The van der Waals surface area contributed by atoms with Crippen molar-refractivity contribution in [1.82, 2.24) is 15.1 Å². The Morgan fingerprint density at radius 2 is 2.29 bits per heavy atom. The van der Waals surface area contributed by atoms with Gasteiger partial charge in [-0.05, 0) is 32.2 Å². The zero-order valence-corrected chi connectivity index (χ0v) is 8.66. The van der Waals surface area contributed by atoms with Crippen LogP contribution in [0.3, 0.4) is 0 Å². The fourth-order valence-corrected chi connectivity index (χ4v) is 2.54. The SMILES string of the molecule is Cn1ncc(C2CCCN2)c1C1CC1. The van der Waals surface area contributed by atoms with Crippen molar-refractivity contribution < 1.29 is 0 Å². The fraction of sp³-hybridized carbons (Fsp3) is 0.727. The highest BCUT2D eigenvalue weighted by Crippen LogP contribution is 2.43. The van der Waals surface area contributed by atoms with Crippen molar-refractivity contribution in [3.05, 3.63) is 17.5 Å². The zero-order chi connectivity index (χ0) is 9.54. The van der Waals surface area contributed by atoms with Gasteiger partial charge in [-0.1, -0.05) is 0 Å². The normalized spacial score (nSPS) is 27.1. The van der Waals surface area contributed by atoms with E-state index in [1.165, 1.54) is 43.5 Å². The van der Waals surface area contributed by atoms with Gasteiger partial charge in [-0.2, -0.15) is 5.10 Å². The van der Waals surface area contributed by atoms with E-state index in [4.69, 9.17) is 0 Å². The molecule has 1 aliphatic carbocycles. The molecule has 14 heavy (non-hydrogen) atoms. The first-order valence-electron chi connectivity index (χ1n) is 5.61. The Morgan fingerprint density at radius 1 is 1.43 bits per heavy atom. The number of nitrogens with one attached hydrogen (secondary N) is 1. The van der Waals surface area contributed by atoms with E-state index in [1.807, 2.05) is 0 Å². The van der Waals surface area contributed by atoms with Gasteiger partial charge in [0.05, 0.1) is 6.20 Å². The van der Waals surface area contributed by atoms with Crippen LogP contribution in [0.5, 0.6) is 0 Å². The van der Waals surface area contributed by atoms with E-state index in [0.29, 0.717) is 6.04 Å². The highest BCUT2D eigenvalue weighted by atomic mass is 15.3. The molecule has 1 aliphatic heterocycles. The molecule has 1 unspecified atom stereocenters. The van der Waals surface area contributed by atoms with E-state index in [-0.39, 0.29) is 0 Å². The van der Waals surface area contributed by atoms with Gasteiger partial charge in [0.15, 0.2) is 0 Å². The molecule has 76 valence electrons. The van der Waals surface area contributed by atoms with Crippen LogP contribution in [0.1, 0.15) is 48.9 Å². The van der Waals surface area contributed by atoms with Crippen LogP contribution in [0.4, 0.5) is 0 Å². The minimum absolute atomic E-state index is 0.583. The summed E-state index contributed by atoms with van der Waals surface area (Å²) >= 11 is 0. The molecule has 0 spiro atoms. The van der Waals surface area contributed by atoms with E-state index in [2.05, 4.69) is 28.3 Å². The minimum Gasteiger partial charge on any atom is -0.310 e. The molecule has 3 heteroatoms. The second-order valence-corrected chi connectivity index (χ2v) is 4.53. The Kier molecular flexibility index (Phi) is 1.87. The third kappa shape index (κ3) is 1.27. The first-order chi connectivity index (χ1) is 6.86. The quantitative estimate of drug-likeness (QED) is 0.771. The number of nitrogens with zero attached hydrogens (tertiary/aromatic N) is 2. The van der Waals surface area contributed by atoms with Gasteiger partial charge in [0.2, 0.25) is 0 Å². The van der Waals surface area contributed by atoms with Crippen molar-refractivity contribution >= 4 is 0 Å². The molecule has 3 rings (SSSR count). The van der Waals surface area contributed by atoms with Crippen LogP contribution < -0.4 is 5.32 Å². The summed E-state index contributed by atoms with van der Waals surface area (Å²) in [6.45, 7) is 1.17. The predicted octanol–water partition coefficient (Wildman–Crippen LogP) is 1.72. The summed E-state index contributed by atoms with van der Waals surface area (Å²) in [5.41, 5.74) is 2.96. The minimum atomic E-state index is 0.583. The van der Waals surface area contributed by atoms with E-state index in [0.717, 1.165) is 5.92 Å². The lowest BCUT2D eigenvalue weighted by molar-refractivity contribution is 0.631. The second-order valence-electron chi connectivity index (χ2n) is 4.53. The standard InChI is InChI=1S/C11H17N3/c1-14-11(8-4-5-8)9(7-13-14)10-3-2-6-12-10/h7-8,10,12H,2-6H2,1H3. The Labute approximate surface area is 84.5 Å². The van der Waals surface area contributed by atoms with Gasteiger partial charge in [-0.25, -0.2) is 0 Å². The van der Waals surface area contributed by atoms with Gasteiger partial charge in [0.1, 0.15) is 0 Å².